The van der Waals surface area contributed by atoms with Crippen molar-refractivity contribution in [3.63, 3.8) is 0 Å². The molecule has 0 radical (unpaired) electrons. The van der Waals surface area contributed by atoms with Crippen LogP contribution in [0.3, 0.4) is 0 Å². The predicted octanol–water partition coefficient (Wildman–Crippen LogP) is 17.4. The Labute approximate surface area is 498 Å². The summed E-state index contributed by atoms with van der Waals surface area (Å²) in [4.78, 5) is 71.6. The van der Waals surface area contributed by atoms with Crippen LogP contribution in [0, 0.1) is 5.92 Å². The summed E-state index contributed by atoms with van der Waals surface area (Å²) >= 11 is 0. The van der Waals surface area contributed by atoms with Crippen LogP contribution >= 0.6 is 15.6 Å². The molecule has 0 saturated heterocycles. The van der Waals surface area contributed by atoms with Gasteiger partial charge in [-0.25, -0.2) is 9.13 Å². The van der Waals surface area contributed by atoms with E-state index in [1.165, 1.54) is 135 Å². The molecule has 0 heterocycles. The summed E-state index contributed by atoms with van der Waals surface area (Å²) in [5.74, 6) is -1.38. The van der Waals surface area contributed by atoms with E-state index in [4.69, 9.17) is 37.0 Å². The second kappa shape index (κ2) is 56.8. The maximum atomic E-state index is 13.0. The molecule has 0 aromatic rings. The molecule has 0 aromatic carbocycles. The van der Waals surface area contributed by atoms with Crippen LogP contribution in [0.2, 0.25) is 0 Å². The summed E-state index contributed by atoms with van der Waals surface area (Å²) in [6, 6.07) is 0. The van der Waals surface area contributed by atoms with Crippen molar-refractivity contribution in [1.82, 2.24) is 0 Å². The highest BCUT2D eigenvalue weighted by Gasteiger charge is 2.30. The van der Waals surface area contributed by atoms with E-state index >= 15 is 0 Å². The summed E-state index contributed by atoms with van der Waals surface area (Å²) < 4.78 is 67.5. The van der Waals surface area contributed by atoms with Crippen molar-refractivity contribution in [1.29, 1.82) is 0 Å². The van der Waals surface area contributed by atoms with Crippen LogP contribution in [0.5, 0.6) is 0 Å². The van der Waals surface area contributed by atoms with Gasteiger partial charge in [-0.1, -0.05) is 266 Å². The van der Waals surface area contributed by atoms with E-state index in [-0.39, 0.29) is 25.7 Å². The number of phosphoric acid groups is 2. The minimum absolute atomic E-state index is 0.0988. The Morgan fingerprint density at radius 2 is 0.585 bits per heavy atom. The Morgan fingerprint density at radius 1 is 0.341 bits per heavy atom. The van der Waals surface area contributed by atoms with Gasteiger partial charge < -0.3 is 33.8 Å². The number of aliphatic hydroxyl groups excluding tert-OH is 1. The van der Waals surface area contributed by atoms with Gasteiger partial charge in [-0.2, -0.15) is 0 Å². The maximum absolute atomic E-state index is 13.0. The summed E-state index contributed by atoms with van der Waals surface area (Å²) in [5.41, 5.74) is 0. The normalized spacial score (nSPS) is 14.6. The average molecular weight is 1210 g/mol. The Bertz CT molecular complexity index is 1600. The molecule has 0 aromatic heterocycles. The van der Waals surface area contributed by atoms with Crippen LogP contribution in [-0.2, 0) is 65.4 Å². The first-order valence-electron chi connectivity index (χ1n) is 33.2. The first kappa shape index (κ1) is 80.1. The molecule has 0 aliphatic carbocycles. The summed E-state index contributed by atoms with van der Waals surface area (Å²) in [7, 11) is -9.86. The summed E-state index contributed by atoms with van der Waals surface area (Å²) in [6.45, 7) is 7.00. The van der Waals surface area contributed by atoms with Crippen molar-refractivity contribution in [2.45, 2.75) is 335 Å². The lowest BCUT2D eigenvalue weighted by Crippen LogP contribution is -2.30. The van der Waals surface area contributed by atoms with Gasteiger partial charge >= 0.3 is 39.5 Å². The molecule has 3 N–H and O–H groups in total. The van der Waals surface area contributed by atoms with E-state index < -0.39 is 97.5 Å². The van der Waals surface area contributed by atoms with Gasteiger partial charge in [-0.3, -0.25) is 37.3 Å². The van der Waals surface area contributed by atoms with Gasteiger partial charge in [-0.15, -0.1) is 0 Å². The molecular weight excluding hydrogens is 1090 g/mol. The molecular formula is C63H122O17P2. The second-order valence-electron chi connectivity index (χ2n) is 23.0. The third kappa shape index (κ3) is 55.9. The molecule has 0 amide bonds. The largest absolute Gasteiger partial charge is 0.472 e. The highest BCUT2D eigenvalue weighted by molar-refractivity contribution is 7.47. The molecule has 6 atom stereocenters. The van der Waals surface area contributed by atoms with Crippen molar-refractivity contribution in [3.8, 4) is 0 Å². The highest BCUT2D eigenvalue weighted by atomic mass is 31.2. The lowest BCUT2D eigenvalue weighted by Gasteiger charge is -2.21. The van der Waals surface area contributed by atoms with Crippen molar-refractivity contribution in [2.75, 3.05) is 39.6 Å². The maximum Gasteiger partial charge on any atom is 0.472 e. The monoisotopic (exact) mass is 1210 g/mol. The fraction of sp³-hybridized carbons (Fsp3) is 0.937. The number of esters is 4. The lowest BCUT2D eigenvalue weighted by molar-refractivity contribution is -0.161. The Hall–Kier alpha value is -1.94. The third-order valence-electron chi connectivity index (χ3n) is 14.9. The van der Waals surface area contributed by atoms with Gasteiger partial charge in [0, 0.05) is 25.7 Å². The number of carbonyl (C=O) groups excluding carboxylic acids is 4. The zero-order valence-corrected chi connectivity index (χ0v) is 54.4. The van der Waals surface area contributed by atoms with Crippen LogP contribution in [0.1, 0.15) is 317 Å². The number of ether oxygens (including phenoxy) is 4. The Kier molecular flexibility index (Phi) is 55.5. The SMILES string of the molecule is CCCCCCCCCCCCCCCCCCCCCCC(=O)O[C@H](COC(=O)CCCCCCCCCCC(C)CC)COP(=O)(O)OC[C@@H](O)COP(=O)(O)OC[C@@H](COC(=O)CCCCCCC)OC(=O)CCCCCCC. The molecule has 0 spiro atoms. The van der Waals surface area contributed by atoms with Crippen LogP contribution in [0.15, 0.2) is 0 Å². The first-order valence-corrected chi connectivity index (χ1v) is 36.2. The van der Waals surface area contributed by atoms with E-state index in [1.54, 1.807) is 0 Å². The van der Waals surface area contributed by atoms with E-state index in [2.05, 4.69) is 34.6 Å². The number of phosphoric ester groups is 2. The highest BCUT2D eigenvalue weighted by Crippen LogP contribution is 2.45. The van der Waals surface area contributed by atoms with Crippen LogP contribution in [0.25, 0.3) is 0 Å². The third-order valence-corrected chi connectivity index (χ3v) is 16.8. The second-order valence-corrected chi connectivity index (χ2v) is 25.9. The Morgan fingerprint density at radius 3 is 0.866 bits per heavy atom. The van der Waals surface area contributed by atoms with Crippen molar-refractivity contribution < 1.29 is 80.2 Å². The van der Waals surface area contributed by atoms with E-state index in [0.717, 1.165) is 102 Å². The van der Waals surface area contributed by atoms with Crippen LogP contribution < -0.4 is 0 Å². The molecule has 0 bridgehead atoms. The van der Waals surface area contributed by atoms with Gasteiger partial charge in [0.2, 0.25) is 0 Å². The zero-order valence-electron chi connectivity index (χ0n) is 52.6. The van der Waals surface area contributed by atoms with Crippen molar-refractivity contribution in [3.05, 3.63) is 0 Å². The standard InChI is InChI=1S/C63H122O17P2/c1-6-10-13-16-17-18-19-20-21-22-23-24-25-26-27-28-29-34-39-44-49-63(68)80-59(53-74-61(66)47-42-38-33-31-30-32-37-40-45-56(5)9-4)55-78-82(71,72)76-51-57(64)50-75-81(69,70)77-54-58(79-62(67)48-43-36-15-12-8-3)52-73-60(65)46-41-35-14-11-7-2/h56-59,64H,6-55H2,1-5H3,(H,69,70)(H,71,72)/t56?,57-,58+,59+/m0/s1. The summed E-state index contributed by atoms with van der Waals surface area (Å²) in [6.07, 6.45) is 41.3. The van der Waals surface area contributed by atoms with E-state index in [9.17, 15) is 43.2 Å². The molecule has 0 saturated carbocycles. The smallest absolute Gasteiger partial charge is 0.462 e. The molecule has 17 nitrogen and oxygen atoms in total. The van der Waals surface area contributed by atoms with Gasteiger partial charge in [0.25, 0.3) is 0 Å². The number of unbranched alkanes of at least 4 members (excludes halogenated alkanes) is 34. The number of aliphatic hydroxyl groups is 1. The number of rotatable bonds is 63. The quantitative estimate of drug-likeness (QED) is 0.0222. The fourth-order valence-electron chi connectivity index (χ4n) is 9.37. The van der Waals surface area contributed by atoms with Gasteiger partial charge in [-0.05, 0) is 31.6 Å². The minimum atomic E-state index is -4.94. The van der Waals surface area contributed by atoms with Crippen LogP contribution in [0.4, 0.5) is 0 Å². The van der Waals surface area contributed by atoms with Crippen LogP contribution in [-0.4, -0.2) is 96.7 Å². The zero-order chi connectivity index (χ0) is 60.6. The average Bonchev–Trinajstić information content (AvgIpc) is 3.47. The van der Waals surface area contributed by atoms with Gasteiger partial charge in [0.05, 0.1) is 26.4 Å². The molecule has 3 unspecified atom stereocenters. The van der Waals surface area contributed by atoms with Crippen molar-refractivity contribution >= 4 is 39.5 Å². The van der Waals surface area contributed by atoms with Gasteiger partial charge in [0.15, 0.2) is 12.2 Å². The predicted molar refractivity (Wildman–Crippen MR) is 326 cm³/mol. The molecule has 486 valence electrons. The lowest BCUT2D eigenvalue weighted by atomic mass is 9.99. The topological polar surface area (TPSA) is 237 Å². The van der Waals surface area contributed by atoms with Crippen molar-refractivity contribution in [2.24, 2.45) is 5.92 Å². The molecule has 0 aliphatic rings. The fourth-order valence-corrected chi connectivity index (χ4v) is 11.0. The molecule has 0 fully saturated rings. The Balaban J connectivity index is 5.06. The number of carbonyl (C=O) groups is 4. The number of hydrogen-bond donors (Lipinski definition) is 3. The number of hydrogen-bond acceptors (Lipinski definition) is 15. The first-order chi connectivity index (χ1) is 39.6. The summed E-state index contributed by atoms with van der Waals surface area (Å²) in [5, 5.41) is 10.5. The molecule has 19 heteroatoms. The minimum Gasteiger partial charge on any atom is -0.462 e. The molecule has 0 aliphatic heterocycles. The molecule has 0 rings (SSSR count). The molecule has 82 heavy (non-hydrogen) atoms. The van der Waals surface area contributed by atoms with E-state index in [1.807, 2.05) is 0 Å². The van der Waals surface area contributed by atoms with E-state index in [0.29, 0.717) is 25.7 Å². The van der Waals surface area contributed by atoms with Gasteiger partial charge in [0.1, 0.15) is 19.3 Å².